The number of hydrogen-bond donors (Lipinski definition) is 4. The quantitative estimate of drug-likeness (QED) is 0.594. The van der Waals surface area contributed by atoms with E-state index < -0.39 is 23.9 Å². The van der Waals surface area contributed by atoms with E-state index in [1.54, 1.807) is 44.2 Å². The highest BCUT2D eigenvalue weighted by atomic mass is 35.5. The molecule has 0 fully saturated rings. The number of hydrazine groups is 1. The number of aryl methyl sites for hydroxylation is 2. The number of primary amides is 1. The number of nitrogens with two attached hydrogens (primary N) is 1. The molecule has 8 nitrogen and oxygen atoms in total. The Balaban J connectivity index is 1.98. The minimum atomic E-state index is -0.772. The third-order valence-corrected chi connectivity index (χ3v) is 3.83. The van der Waals surface area contributed by atoms with Gasteiger partial charge in [0, 0.05) is 5.02 Å². The Bertz CT molecular complexity index is 817. The Hall–Kier alpha value is -3.00. The molecule has 1 aromatic heterocycles. The van der Waals surface area contributed by atoms with Crippen molar-refractivity contribution in [1.82, 2.24) is 16.2 Å². The average Bonchev–Trinajstić information content (AvgIpc) is 2.91. The van der Waals surface area contributed by atoms with Gasteiger partial charge < -0.3 is 15.5 Å². The highest BCUT2D eigenvalue weighted by molar-refractivity contribution is 6.30. The fourth-order valence-electron chi connectivity index (χ4n) is 2.41. The molecule has 0 aliphatic rings. The van der Waals surface area contributed by atoms with Crippen LogP contribution in [0.2, 0.25) is 5.02 Å². The summed E-state index contributed by atoms with van der Waals surface area (Å²) in [5, 5.41) is 3.01. The molecule has 2 rings (SSSR count). The van der Waals surface area contributed by atoms with Gasteiger partial charge in [-0.1, -0.05) is 23.7 Å². The second-order valence-electron chi connectivity index (χ2n) is 5.65. The van der Waals surface area contributed by atoms with Crippen molar-refractivity contribution in [2.24, 2.45) is 5.73 Å². The number of benzene rings is 1. The van der Waals surface area contributed by atoms with Crippen molar-refractivity contribution in [3.63, 3.8) is 0 Å². The predicted octanol–water partition coefficient (Wildman–Crippen LogP) is 2.11. The summed E-state index contributed by atoms with van der Waals surface area (Å²) in [7, 11) is 0. The summed E-state index contributed by atoms with van der Waals surface area (Å²) in [6.45, 7) is 3.37. The van der Waals surface area contributed by atoms with E-state index in [0.717, 1.165) is 0 Å². The fourth-order valence-corrected chi connectivity index (χ4v) is 2.53. The van der Waals surface area contributed by atoms with Gasteiger partial charge in [0.1, 0.15) is 11.5 Å². The fraction of sp³-hybridized carbons (Fsp3) is 0.235. The Morgan fingerprint density at radius 1 is 1.15 bits per heavy atom. The average molecular weight is 379 g/mol. The third-order valence-electron chi connectivity index (χ3n) is 3.58. The van der Waals surface area contributed by atoms with Gasteiger partial charge in [0.25, 0.3) is 5.91 Å². The summed E-state index contributed by atoms with van der Waals surface area (Å²) < 4.78 is 5.27. The maximum atomic E-state index is 12.1. The maximum absolute atomic E-state index is 12.1. The zero-order valence-electron chi connectivity index (χ0n) is 14.3. The van der Waals surface area contributed by atoms with Crippen molar-refractivity contribution in [2.75, 3.05) is 0 Å². The van der Waals surface area contributed by atoms with E-state index in [-0.39, 0.29) is 6.42 Å². The lowest BCUT2D eigenvalue weighted by molar-refractivity contribution is -0.122. The van der Waals surface area contributed by atoms with E-state index in [9.17, 15) is 14.4 Å². The summed E-state index contributed by atoms with van der Waals surface area (Å²) in [5.41, 5.74) is 10.8. The first-order valence-electron chi connectivity index (χ1n) is 7.74. The number of furan rings is 1. The largest absolute Gasteiger partial charge is 0.466 e. The van der Waals surface area contributed by atoms with Crippen LogP contribution >= 0.6 is 11.6 Å². The van der Waals surface area contributed by atoms with E-state index in [1.807, 2.05) is 0 Å². The van der Waals surface area contributed by atoms with Gasteiger partial charge in [-0.2, -0.15) is 0 Å². The lowest BCUT2D eigenvalue weighted by Crippen LogP contribution is -2.44. The van der Waals surface area contributed by atoms with Crippen molar-refractivity contribution in [3.8, 4) is 0 Å². The molecule has 0 radical (unpaired) electrons. The standard InChI is InChI=1S/C17H19ClN4O4/c1-9-7-13(10(2)26-9)16(24)22-21-15(23)8-14(20-17(19)25)11-3-5-12(18)6-4-11/h3-7,14H,8H2,1-2H3,(H,21,23)(H,22,24)(H3,19,20,25). The number of hydrogen-bond acceptors (Lipinski definition) is 4. The Labute approximate surface area is 155 Å². The normalized spacial score (nSPS) is 11.5. The van der Waals surface area contributed by atoms with Crippen LogP contribution in [0.5, 0.6) is 0 Å². The second-order valence-corrected chi connectivity index (χ2v) is 6.08. The van der Waals surface area contributed by atoms with Crippen LogP contribution in [0.15, 0.2) is 34.7 Å². The second kappa shape index (κ2) is 8.39. The zero-order valence-corrected chi connectivity index (χ0v) is 15.0. The lowest BCUT2D eigenvalue weighted by atomic mass is 10.0. The summed E-state index contributed by atoms with van der Waals surface area (Å²) in [6, 6.07) is 6.75. The van der Waals surface area contributed by atoms with Crippen molar-refractivity contribution in [3.05, 3.63) is 58.0 Å². The first kappa shape index (κ1) is 19.3. The Morgan fingerprint density at radius 2 is 1.81 bits per heavy atom. The monoisotopic (exact) mass is 378 g/mol. The van der Waals surface area contributed by atoms with Gasteiger partial charge in [-0.3, -0.25) is 20.4 Å². The van der Waals surface area contributed by atoms with Gasteiger partial charge in [-0.15, -0.1) is 0 Å². The Kier molecular flexibility index (Phi) is 6.24. The number of amides is 4. The molecule has 0 spiro atoms. The molecule has 0 saturated carbocycles. The summed E-state index contributed by atoms with van der Waals surface area (Å²) in [4.78, 5) is 35.4. The minimum absolute atomic E-state index is 0.131. The smallest absolute Gasteiger partial charge is 0.312 e. The molecule has 5 N–H and O–H groups in total. The van der Waals surface area contributed by atoms with Crippen LogP contribution in [0, 0.1) is 13.8 Å². The van der Waals surface area contributed by atoms with Crippen molar-refractivity contribution in [1.29, 1.82) is 0 Å². The molecule has 0 aliphatic heterocycles. The molecule has 1 aromatic carbocycles. The van der Waals surface area contributed by atoms with Crippen LogP contribution in [0.1, 0.15) is 39.9 Å². The topological polar surface area (TPSA) is 126 Å². The molecular formula is C17H19ClN4O4. The molecule has 4 amide bonds. The Morgan fingerprint density at radius 3 is 2.35 bits per heavy atom. The van der Waals surface area contributed by atoms with Crippen LogP contribution in [0.4, 0.5) is 4.79 Å². The van der Waals surface area contributed by atoms with Crippen LogP contribution < -0.4 is 21.9 Å². The van der Waals surface area contributed by atoms with E-state index in [0.29, 0.717) is 27.7 Å². The van der Waals surface area contributed by atoms with Crippen molar-refractivity contribution >= 4 is 29.4 Å². The lowest BCUT2D eigenvalue weighted by Gasteiger charge is -2.18. The van der Waals surface area contributed by atoms with Crippen LogP contribution in [-0.2, 0) is 4.79 Å². The SMILES string of the molecule is Cc1cc(C(=O)NNC(=O)CC(NC(N)=O)c2ccc(Cl)cc2)c(C)o1. The minimum Gasteiger partial charge on any atom is -0.466 e. The van der Waals surface area contributed by atoms with Crippen molar-refractivity contribution in [2.45, 2.75) is 26.3 Å². The number of carbonyl (C=O) groups is 3. The molecule has 9 heteroatoms. The number of nitrogens with one attached hydrogen (secondary N) is 3. The molecule has 26 heavy (non-hydrogen) atoms. The van der Waals surface area contributed by atoms with Crippen LogP contribution in [-0.4, -0.2) is 17.8 Å². The van der Waals surface area contributed by atoms with Gasteiger partial charge in [-0.25, -0.2) is 4.79 Å². The molecule has 0 aliphatic carbocycles. The van der Waals surface area contributed by atoms with Gasteiger partial charge >= 0.3 is 6.03 Å². The van der Waals surface area contributed by atoms with Gasteiger partial charge in [0.05, 0.1) is 18.0 Å². The first-order chi connectivity index (χ1) is 12.3. The summed E-state index contributed by atoms with van der Waals surface area (Å²) in [5.74, 6) is 0.0274. The van der Waals surface area contributed by atoms with E-state index in [2.05, 4.69) is 16.2 Å². The zero-order chi connectivity index (χ0) is 19.3. The number of rotatable bonds is 5. The van der Waals surface area contributed by atoms with Crippen molar-refractivity contribution < 1.29 is 18.8 Å². The molecule has 1 unspecified atom stereocenters. The molecule has 138 valence electrons. The molecule has 1 atom stereocenters. The van der Waals surface area contributed by atoms with Gasteiger partial charge in [0.15, 0.2) is 0 Å². The molecule has 0 bridgehead atoms. The summed E-state index contributed by atoms with van der Waals surface area (Å²) in [6.07, 6.45) is -0.131. The molecule has 0 saturated heterocycles. The van der Waals surface area contributed by atoms with Crippen LogP contribution in [0.3, 0.4) is 0 Å². The van der Waals surface area contributed by atoms with E-state index >= 15 is 0 Å². The highest BCUT2D eigenvalue weighted by Gasteiger charge is 2.19. The number of halogens is 1. The van der Waals surface area contributed by atoms with Crippen LogP contribution in [0.25, 0.3) is 0 Å². The first-order valence-corrected chi connectivity index (χ1v) is 8.11. The molecule has 1 heterocycles. The highest BCUT2D eigenvalue weighted by Crippen LogP contribution is 2.19. The number of carbonyl (C=O) groups excluding carboxylic acids is 3. The van der Waals surface area contributed by atoms with E-state index in [4.69, 9.17) is 21.8 Å². The number of urea groups is 1. The summed E-state index contributed by atoms with van der Waals surface area (Å²) >= 11 is 5.84. The predicted molar refractivity (Wildman–Crippen MR) is 95.3 cm³/mol. The van der Waals surface area contributed by atoms with Gasteiger partial charge in [-0.05, 0) is 37.6 Å². The maximum Gasteiger partial charge on any atom is 0.312 e. The molecule has 2 aromatic rings. The third kappa shape index (κ3) is 5.25. The van der Waals surface area contributed by atoms with Gasteiger partial charge in [0.2, 0.25) is 5.91 Å². The van der Waals surface area contributed by atoms with E-state index in [1.165, 1.54) is 0 Å². The molecular weight excluding hydrogens is 360 g/mol.